The highest BCUT2D eigenvalue weighted by Gasteiger charge is 2.16. The van der Waals surface area contributed by atoms with Crippen LogP contribution in [0, 0.1) is 6.92 Å². The van der Waals surface area contributed by atoms with Crippen LogP contribution in [-0.4, -0.2) is 14.9 Å². The van der Waals surface area contributed by atoms with E-state index in [1.165, 1.54) is 4.88 Å². The maximum Gasteiger partial charge on any atom is 0.0938 e. The fraction of sp³-hybridized carbons (Fsp3) is 0.312. The highest BCUT2D eigenvalue weighted by Crippen LogP contribution is 2.28. The van der Waals surface area contributed by atoms with Crippen molar-refractivity contribution in [3.63, 3.8) is 0 Å². The molecule has 2 aromatic heterocycles. The summed E-state index contributed by atoms with van der Waals surface area (Å²) < 4.78 is 2.00. The van der Waals surface area contributed by atoms with Crippen molar-refractivity contribution < 1.29 is 5.11 Å². The van der Waals surface area contributed by atoms with Crippen LogP contribution < -0.4 is 0 Å². The average Bonchev–Trinajstić information content (AvgIpc) is 3.03. The van der Waals surface area contributed by atoms with E-state index >= 15 is 0 Å². The van der Waals surface area contributed by atoms with Gasteiger partial charge in [-0.05, 0) is 32.0 Å². The van der Waals surface area contributed by atoms with Crippen LogP contribution in [0.1, 0.15) is 28.5 Å². The third-order valence-corrected chi connectivity index (χ3v) is 4.61. The minimum Gasteiger partial charge on any atom is -0.387 e. The molecule has 0 aliphatic rings. The number of aliphatic hydroxyl groups excluding tert-OH is 1. The number of aliphatic hydroxyl groups is 1. The Labute approximate surface area is 122 Å². The zero-order valence-electron chi connectivity index (χ0n) is 11.7. The van der Waals surface area contributed by atoms with Crippen molar-refractivity contribution in [1.82, 2.24) is 9.78 Å². The molecule has 0 aliphatic carbocycles. The number of benzene rings is 1. The molecule has 20 heavy (non-hydrogen) atoms. The summed E-state index contributed by atoms with van der Waals surface area (Å²) in [6.07, 6.45) is 0.0883. The topological polar surface area (TPSA) is 38.0 Å². The monoisotopic (exact) mass is 286 g/mol. The maximum atomic E-state index is 10.4. The van der Waals surface area contributed by atoms with Crippen LogP contribution in [0.25, 0.3) is 10.9 Å². The van der Waals surface area contributed by atoms with Gasteiger partial charge in [-0.1, -0.05) is 18.2 Å². The molecule has 0 saturated heterocycles. The molecule has 0 amide bonds. The first-order valence-corrected chi connectivity index (χ1v) is 7.69. The summed E-state index contributed by atoms with van der Waals surface area (Å²) in [5.74, 6) is 0. The number of aromatic nitrogens is 2. The number of fused-ring (bicyclic) bond motifs is 1. The van der Waals surface area contributed by atoms with Crippen molar-refractivity contribution >= 4 is 22.2 Å². The molecule has 0 bridgehead atoms. The number of hydrogen-bond acceptors (Lipinski definition) is 3. The summed E-state index contributed by atoms with van der Waals surface area (Å²) >= 11 is 1.65. The Morgan fingerprint density at radius 3 is 2.75 bits per heavy atom. The predicted molar refractivity (Wildman–Crippen MR) is 83.1 cm³/mol. The Morgan fingerprint density at radius 2 is 2.05 bits per heavy atom. The van der Waals surface area contributed by atoms with Gasteiger partial charge in [0.2, 0.25) is 0 Å². The third kappa shape index (κ3) is 2.37. The minimum atomic E-state index is -0.475. The zero-order valence-corrected chi connectivity index (χ0v) is 12.5. The second kappa shape index (κ2) is 5.38. The Balaban J connectivity index is 1.94. The predicted octanol–water partition coefficient (Wildman–Crippen LogP) is 3.70. The molecule has 0 radical (unpaired) electrons. The van der Waals surface area contributed by atoms with Crippen molar-refractivity contribution in [2.24, 2.45) is 0 Å². The molecular weight excluding hydrogens is 268 g/mol. The molecule has 0 fully saturated rings. The SMILES string of the molecule is CCn1nc(CC(O)c2ccc(C)s2)c2ccccc21. The van der Waals surface area contributed by atoms with Crippen LogP contribution in [0.15, 0.2) is 36.4 Å². The molecule has 3 rings (SSSR count). The Morgan fingerprint density at radius 1 is 1.25 bits per heavy atom. The van der Waals surface area contributed by atoms with Gasteiger partial charge in [0.05, 0.1) is 17.3 Å². The Hall–Kier alpha value is -1.65. The summed E-state index contributed by atoms with van der Waals surface area (Å²) in [6.45, 7) is 4.99. The summed E-state index contributed by atoms with van der Waals surface area (Å²) in [7, 11) is 0. The summed E-state index contributed by atoms with van der Waals surface area (Å²) in [4.78, 5) is 2.24. The van der Waals surface area contributed by atoms with E-state index in [0.717, 1.165) is 28.0 Å². The van der Waals surface area contributed by atoms with E-state index < -0.39 is 6.10 Å². The number of thiophene rings is 1. The van der Waals surface area contributed by atoms with E-state index in [2.05, 4.69) is 31.1 Å². The quantitative estimate of drug-likeness (QED) is 0.794. The van der Waals surface area contributed by atoms with Gasteiger partial charge in [0.25, 0.3) is 0 Å². The van der Waals surface area contributed by atoms with Crippen LogP contribution in [0.3, 0.4) is 0 Å². The number of nitrogens with zero attached hydrogens (tertiary/aromatic N) is 2. The molecule has 1 N–H and O–H groups in total. The van der Waals surface area contributed by atoms with Gasteiger partial charge in [-0.2, -0.15) is 5.10 Å². The van der Waals surface area contributed by atoms with E-state index in [1.807, 2.05) is 28.9 Å². The van der Waals surface area contributed by atoms with Gasteiger partial charge in [0.15, 0.2) is 0 Å². The van der Waals surface area contributed by atoms with Crippen LogP contribution in [0.4, 0.5) is 0 Å². The van der Waals surface area contributed by atoms with Gasteiger partial charge in [0.1, 0.15) is 0 Å². The first-order chi connectivity index (χ1) is 9.69. The second-order valence-corrected chi connectivity index (χ2v) is 6.27. The summed E-state index contributed by atoms with van der Waals surface area (Å²) in [5.41, 5.74) is 2.11. The maximum absolute atomic E-state index is 10.4. The van der Waals surface area contributed by atoms with Crippen molar-refractivity contribution in [3.05, 3.63) is 51.8 Å². The van der Waals surface area contributed by atoms with E-state index in [4.69, 9.17) is 0 Å². The zero-order chi connectivity index (χ0) is 14.1. The van der Waals surface area contributed by atoms with Crippen LogP contribution >= 0.6 is 11.3 Å². The van der Waals surface area contributed by atoms with Crippen LogP contribution in [0.5, 0.6) is 0 Å². The fourth-order valence-corrected chi connectivity index (χ4v) is 3.37. The van der Waals surface area contributed by atoms with Crippen LogP contribution in [-0.2, 0) is 13.0 Å². The average molecular weight is 286 g/mol. The normalized spacial score (nSPS) is 12.9. The molecule has 3 aromatic rings. The number of rotatable bonds is 4. The first kappa shape index (κ1) is 13.3. The largest absolute Gasteiger partial charge is 0.387 e. The molecule has 2 heterocycles. The van der Waals surface area contributed by atoms with Crippen molar-refractivity contribution in [2.75, 3.05) is 0 Å². The van der Waals surface area contributed by atoms with Crippen molar-refractivity contribution in [2.45, 2.75) is 32.9 Å². The lowest BCUT2D eigenvalue weighted by molar-refractivity contribution is 0.181. The molecule has 3 nitrogen and oxygen atoms in total. The molecule has 1 atom stereocenters. The lowest BCUT2D eigenvalue weighted by atomic mass is 10.1. The molecule has 1 unspecified atom stereocenters. The molecule has 1 aromatic carbocycles. The highest BCUT2D eigenvalue weighted by atomic mass is 32.1. The van der Waals surface area contributed by atoms with Gasteiger partial charge in [-0.3, -0.25) is 4.68 Å². The minimum absolute atomic E-state index is 0.475. The van der Waals surface area contributed by atoms with E-state index in [1.54, 1.807) is 11.3 Å². The molecular formula is C16H18N2OS. The van der Waals surface area contributed by atoms with Gasteiger partial charge < -0.3 is 5.11 Å². The number of hydrogen-bond donors (Lipinski definition) is 1. The van der Waals surface area contributed by atoms with Gasteiger partial charge in [0, 0.05) is 28.1 Å². The molecule has 0 aliphatic heterocycles. The lowest BCUT2D eigenvalue weighted by Gasteiger charge is -2.06. The molecule has 4 heteroatoms. The van der Waals surface area contributed by atoms with Gasteiger partial charge in [-0.25, -0.2) is 0 Å². The van der Waals surface area contributed by atoms with E-state index in [0.29, 0.717) is 6.42 Å². The summed E-state index contributed by atoms with van der Waals surface area (Å²) in [5, 5.41) is 16.2. The molecule has 0 spiro atoms. The second-order valence-electron chi connectivity index (χ2n) is 4.95. The first-order valence-electron chi connectivity index (χ1n) is 6.88. The van der Waals surface area contributed by atoms with Crippen LogP contribution in [0.2, 0.25) is 0 Å². The third-order valence-electron chi connectivity index (χ3n) is 3.51. The fourth-order valence-electron chi connectivity index (χ4n) is 2.50. The van der Waals surface area contributed by atoms with Crippen molar-refractivity contribution in [3.8, 4) is 0 Å². The number of para-hydroxylation sites is 1. The number of aryl methyl sites for hydroxylation is 2. The van der Waals surface area contributed by atoms with E-state index in [-0.39, 0.29) is 0 Å². The standard InChI is InChI=1S/C16H18N2OS/c1-3-18-14-7-5-4-6-12(14)13(17-18)10-15(19)16-9-8-11(2)20-16/h4-9,15,19H,3,10H2,1-2H3. The Kier molecular flexibility index (Phi) is 3.59. The molecule has 104 valence electrons. The van der Waals surface area contributed by atoms with Gasteiger partial charge >= 0.3 is 0 Å². The smallest absolute Gasteiger partial charge is 0.0938 e. The van der Waals surface area contributed by atoms with E-state index in [9.17, 15) is 5.11 Å². The summed E-state index contributed by atoms with van der Waals surface area (Å²) in [6, 6.07) is 12.3. The molecule has 0 saturated carbocycles. The highest BCUT2D eigenvalue weighted by molar-refractivity contribution is 7.12. The lowest BCUT2D eigenvalue weighted by Crippen LogP contribution is -2.02. The Bertz CT molecular complexity index is 729. The van der Waals surface area contributed by atoms with Crippen molar-refractivity contribution in [1.29, 1.82) is 0 Å². The van der Waals surface area contributed by atoms with Gasteiger partial charge in [-0.15, -0.1) is 11.3 Å².